The van der Waals surface area contributed by atoms with Crippen molar-refractivity contribution >= 4 is 11.5 Å². The Bertz CT molecular complexity index is 599. The molecule has 0 atom stereocenters. The zero-order valence-corrected chi connectivity index (χ0v) is 10.3. The van der Waals surface area contributed by atoms with Crippen molar-refractivity contribution in [3.05, 3.63) is 63.6 Å². The Labute approximate surface area is 109 Å². The first kappa shape index (κ1) is 12.9. The first-order valence-corrected chi connectivity index (χ1v) is 5.65. The highest BCUT2D eigenvalue weighted by Gasteiger charge is 2.05. The predicted octanol–water partition coefficient (Wildman–Crippen LogP) is 3.05. The maximum atomic E-state index is 13.3. The van der Waals surface area contributed by atoms with Crippen LogP contribution in [0.1, 0.15) is 11.1 Å². The summed E-state index contributed by atoms with van der Waals surface area (Å²) in [6.07, 6.45) is 1.18. The number of hydrogen-bond acceptors (Lipinski definition) is 4. The van der Waals surface area contributed by atoms with E-state index in [4.69, 9.17) is 0 Å². The van der Waals surface area contributed by atoms with Crippen LogP contribution in [-0.4, -0.2) is 9.91 Å². The van der Waals surface area contributed by atoms with Crippen molar-refractivity contribution in [2.45, 2.75) is 13.5 Å². The van der Waals surface area contributed by atoms with Crippen LogP contribution in [0.2, 0.25) is 0 Å². The van der Waals surface area contributed by atoms with Crippen LogP contribution in [0, 0.1) is 22.9 Å². The summed E-state index contributed by atoms with van der Waals surface area (Å²) in [4.78, 5) is 13.9. The van der Waals surface area contributed by atoms with Crippen molar-refractivity contribution in [3.8, 4) is 0 Å². The number of aryl methyl sites for hydroxylation is 1. The van der Waals surface area contributed by atoms with E-state index in [0.29, 0.717) is 17.9 Å². The lowest BCUT2D eigenvalue weighted by Gasteiger charge is -2.06. The van der Waals surface area contributed by atoms with Crippen molar-refractivity contribution < 1.29 is 9.31 Å². The van der Waals surface area contributed by atoms with Crippen molar-refractivity contribution in [2.75, 3.05) is 5.32 Å². The molecule has 98 valence electrons. The highest BCUT2D eigenvalue weighted by Crippen LogP contribution is 2.14. The minimum absolute atomic E-state index is 0.0630. The average molecular weight is 261 g/mol. The van der Waals surface area contributed by atoms with Gasteiger partial charge in [0.15, 0.2) is 0 Å². The lowest BCUT2D eigenvalue weighted by molar-refractivity contribution is -0.385. The molecule has 0 fully saturated rings. The average Bonchev–Trinajstić information content (AvgIpc) is 2.40. The Morgan fingerprint density at radius 2 is 2.16 bits per heavy atom. The molecule has 0 aliphatic carbocycles. The fourth-order valence-corrected chi connectivity index (χ4v) is 1.54. The molecule has 0 bridgehead atoms. The second-order valence-electron chi connectivity index (χ2n) is 4.10. The zero-order valence-electron chi connectivity index (χ0n) is 10.3. The third kappa shape index (κ3) is 3.25. The van der Waals surface area contributed by atoms with E-state index in [1.807, 2.05) is 6.07 Å². The van der Waals surface area contributed by atoms with Gasteiger partial charge in [0.2, 0.25) is 0 Å². The maximum absolute atomic E-state index is 13.3. The van der Waals surface area contributed by atoms with Gasteiger partial charge in [0.05, 0.1) is 4.92 Å². The quantitative estimate of drug-likeness (QED) is 0.678. The van der Waals surface area contributed by atoms with Crippen molar-refractivity contribution in [1.29, 1.82) is 0 Å². The van der Waals surface area contributed by atoms with Gasteiger partial charge in [-0.15, -0.1) is 0 Å². The Morgan fingerprint density at radius 3 is 2.74 bits per heavy atom. The van der Waals surface area contributed by atoms with Gasteiger partial charge in [0.25, 0.3) is 5.69 Å². The molecule has 1 aromatic carbocycles. The fraction of sp³-hybridized carbons (Fsp3) is 0.154. The Kier molecular flexibility index (Phi) is 3.70. The number of pyridine rings is 1. The van der Waals surface area contributed by atoms with Crippen LogP contribution in [0.15, 0.2) is 36.5 Å². The SMILES string of the molecule is Cc1ccc(CNc2ccc([N+](=O)[O-])cn2)cc1F. The summed E-state index contributed by atoms with van der Waals surface area (Å²) in [6.45, 7) is 2.10. The number of benzene rings is 1. The van der Waals surface area contributed by atoms with Crippen LogP contribution < -0.4 is 5.32 Å². The molecule has 0 unspecified atom stereocenters. The van der Waals surface area contributed by atoms with Gasteiger partial charge >= 0.3 is 0 Å². The molecule has 0 aliphatic rings. The highest BCUT2D eigenvalue weighted by molar-refractivity contribution is 5.41. The molecule has 0 spiro atoms. The molecule has 5 nitrogen and oxygen atoms in total. The fourth-order valence-electron chi connectivity index (χ4n) is 1.54. The topological polar surface area (TPSA) is 68.1 Å². The van der Waals surface area contributed by atoms with Crippen molar-refractivity contribution in [2.24, 2.45) is 0 Å². The van der Waals surface area contributed by atoms with E-state index in [0.717, 1.165) is 5.56 Å². The summed E-state index contributed by atoms with van der Waals surface area (Å²) in [5, 5.41) is 13.4. The van der Waals surface area contributed by atoms with E-state index < -0.39 is 4.92 Å². The number of rotatable bonds is 4. The third-order valence-corrected chi connectivity index (χ3v) is 2.67. The van der Waals surface area contributed by atoms with Gasteiger partial charge in [-0.2, -0.15) is 0 Å². The van der Waals surface area contributed by atoms with Crippen LogP contribution in [0.25, 0.3) is 0 Å². The second kappa shape index (κ2) is 5.43. The van der Waals surface area contributed by atoms with E-state index in [1.54, 1.807) is 13.0 Å². The van der Waals surface area contributed by atoms with Gasteiger partial charge in [-0.05, 0) is 30.2 Å². The summed E-state index contributed by atoms with van der Waals surface area (Å²) in [6, 6.07) is 7.86. The monoisotopic (exact) mass is 261 g/mol. The van der Waals surface area contributed by atoms with E-state index >= 15 is 0 Å². The largest absolute Gasteiger partial charge is 0.366 e. The van der Waals surface area contributed by atoms with E-state index in [-0.39, 0.29) is 11.5 Å². The molecule has 1 aromatic heterocycles. The number of nitro groups is 1. The minimum atomic E-state index is -0.508. The van der Waals surface area contributed by atoms with Crippen molar-refractivity contribution in [3.63, 3.8) is 0 Å². The van der Waals surface area contributed by atoms with E-state index in [2.05, 4.69) is 10.3 Å². The lowest BCUT2D eigenvalue weighted by Crippen LogP contribution is -2.02. The summed E-state index contributed by atoms with van der Waals surface area (Å²) < 4.78 is 13.3. The molecular formula is C13H12FN3O2. The molecule has 19 heavy (non-hydrogen) atoms. The first-order chi connectivity index (χ1) is 9.06. The van der Waals surface area contributed by atoms with Gasteiger partial charge < -0.3 is 5.32 Å². The molecular weight excluding hydrogens is 249 g/mol. The number of aromatic nitrogens is 1. The van der Waals surface area contributed by atoms with Crippen LogP contribution in [0.4, 0.5) is 15.9 Å². The van der Waals surface area contributed by atoms with Crippen LogP contribution >= 0.6 is 0 Å². The van der Waals surface area contributed by atoms with Gasteiger partial charge in [-0.3, -0.25) is 10.1 Å². The van der Waals surface area contributed by atoms with Gasteiger partial charge in [0.1, 0.15) is 17.8 Å². The molecule has 0 amide bonds. The van der Waals surface area contributed by atoms with Crippen LogP contribution in [0.3, 0.4) is 0 Å². The molecule has 6 heteroatoms. The molecule has 0 aliphatic heterocycles. The van der Waals surface area contributed by atoms with Gasteiger partial charge in [-0.1, -0.05) is 12.1 Å². The van der Waals surface area contributed by atoms with Crippen LogP contribution in [0.5, 0.6) is 0 Å². The minimum Gasteiger partial charge on any atom is -0.366 e. The first-order valence-electron chi connectivity index (χ1n) is 5.65. The molecule has 0 saturated heterocycles. The van der Waals surface area contributed by atoms with Crippen molar-refractivity contribution in [1.82, 2.24) is 4.98 Å². The maximum Gasteiger partial charge on any atom is 0.287 e. The number of nitrogens with one attached hydrogen (secondary N) is 1. The zero-order chi connectivity index (χ0) is 13.8. The molecule has 2 rings (SSSR count). The molecule has 1 N–H and O–H groups in total. The third-order valence-electron chi connectivity index (χ3n) is 2.67. The number of hydrogen-bond donors (Lipinski definition) is 1. The van der Waals surface area contributed by atoms with Crippen LogP contribution in [-0.2, 0) is 6.54 Å². The standard InChI is InChI=1S/C13H12FN3O2/c1-9-2-3-10(6-12(9)14)7-15-13-5-4-11(8-16-13)17(18)19/h2-6,8H,7H2,1H3,(H,15,16). The molecule has 0 saturated carbocycles. The Balaban J connectivity index is 2.01. The van der Waals surface area contributed by atoms with E-state index in [9.17, 15) is 14.5 Å². The summed E-state index contributed by atoms with van der Waals surface area (Å²) in [7, 11) is 0. The van der Waals surface area contributed by atoms with Gasteiger partial charge in [-0.25, -0.2) is 9.37 Å². The smallest absolute Gasteiger partial charge is 0.287 e. The summed E-state index contributed by atoms with van der Waals surface area (Å²) in [5.41, 5.74) is 1.31. The second-order valence-corrected chi connectivity index (χ2v) is 4.10. The number of halogens is 1. The van der Waals surface area contributed by atoms with Gasteiger partial charge in [0, 0.05) is 12.6 Å². The highest BCUT2D eigenvalue weighted by atomic mass is 19.1. The Morgan fingerprint density at radius 1 is 1.37 bits per heavy atom. The summed E-state index contributed by atoms with van der Waals surface area (Å²) in [5.74, 6) is 0.252. The Hall–Kier alpha value is -2.50. The predicted molar refractivity (Wildman–Crippen MR) is 69.4 cm³/mol. The number of nitrogens with zero attached hydrogens (tertiary/aromatic N) is 2. The number of anilines is 1. The molecule has 0 radical (unpaired) electrons. The normalized spacial score (nSPS) is 10.2. The lowest BCUT2D eigenvalue weighted by atomic mass is 10.1. The molecule has 1 heterocycles. The summed E-state index contributed by atoms with van der Waals surface area (Å²) >= 11 is 0. The van der Waals surface area contributed by atoms with E-state index in [1.165, 1.54) is 24.4 Å². The molecule has 2 aromatic rings.